The van der Waals surface area contributed by atoms with Crippen LogP contribution in [0.5, 0.6) is 0 Å². The summed E-state index contributed by atoms with van der Waals surface area (Å²) in [6.45, 7) is 0. The van der Waals surface area contributed by atoms with Gasteiger partial charge in [0.1, 0.15) is 0 Å². The Balaban J connectivity index is 2.45. The molecule has 0 saturated carbocycles. The van der Waals surface area contributed by atoms with Gasteiger partial charge in [-0.25, -0.2) is 0 Å². The van der Waals surface area contributed by atoms with Crippen molar-refractivity contribution in [3.63, 3.8) is 0 Å². The number of carboxylic acids is 1. The molecule has 88 valence electrons. The molecule has 1 aromatic carbocycles. The van der Waals surface area contributed by atoms with Crippen LogP contribution in [0, 0.1) is 0 Å². The van der Waals surface area contributed by atoms with Crippen LogP contribution in [0.4, 0.5) is 5.00 Å². The Labute approximate surface area is 111 Å². The van der Waals surface area contributed by atoms with E-state index in [1.807, 2.05) is 29.6 Å². The number of halogens is 1. The van der Waals surface area contributed by atoms with E-state index in [4.69, 9.17) is 10.8 Å². The number of rotatable bonds is 3. The molecule has 1 aromatic heterocycles. The molecular weight excluding hydrogens is 302 g/mol. The van der Waals surface area contributed by atoms with Crippen molar-refractivity contribution in [2.45, 2.75) is 6.42 Å². The van der Waals surface area contributed by atoms with Gasteiger partial charge in [-0.3, -0.25) is 4.79 Å². The fourth-order valence-corrected chi connectivity index (χ4v) is 2.71. The molecule has 17 heavy (non-hydrogen) atoms. The summed E-state index contributed by atoms with van der Waals surface area (Å²) < 4.78 is 0.990. The van der Waals surface area contributed by atoms with E-state index in [1.54, 1.807) is 0 Å². The molecule has 0 bridgehead atoms. The van der Waals surface area contributed by atoms with Crippen LogP contribution < -0.4 is 5.73 Å². The largest absolute Gasteiger partial charge is 0.481 e. The number of anilines is 1. The van der Waals surface area contributed by atoms with Crippen molar-refractivity contribution < 1.29 is 9.90 Å². The first-order chi connectivity index (χ1) is 8.08. The molecule has 0 aliphatic rings. The van der Waals surface area contributed by atoms with Crippen molar-refractivity contribution in [2.75, 3.05) is 5.73 Å². The van der Waals surface area contributed by atoms with Gasteiger partial charge in [-0.2, -0.15) is 0 Å². The van der Waals surface area contributed by atoms with Crippen molar-refractivity contribution in [3.05, 3.63) is 39.7 Å². The average Bonchev–Trinajstić information content (AvgIpc) is 2.61. The average molecular weight is 312 g/mol. The maximum atomic E-state index is 10.8. The number of hydrogen-bond acceptors (Lipinski definition) is 3. The molecule has 2 rings (SSSR count). The van der Waals surface area contributed by atoms with Crippen molar-refractivity contribution in [1.29, 1.82) is 0 Å². The predicted molar refractivity (Wildman–Crippen MR) is 73.2 cm³/mol. The minimum absolute atomic E-state index is 0.0409. The summed E-state index contributed by atoms with van der Waals surface area (Å²) in [5.74, 6) is -0.867. The van der Waals surface area contributed by atoms with E-state index in [-0.39, 0.29) is 6.42 Å². The van der Waals surface area contributed by atoms with Crippen LogP contribution >= 0.6 is 27.3 Å². The van der Waals surface area contributed by atoms with Gasteiger partial charge < -0.3 is 10.8 Å². The summed E-state index contributed by atoms with van der Waals surface area (Å²) in [4.78, 5) is 10.8. The van der Waals surface area contributed by atoms with Crippen molar-refractivity contribution in [2.24, 2.45) is 0 Å². The number of carbonyl (C=O) groups is 1. The van der Waals surface area contributed by atoms with Gasteiger partial charge in [0.2, 0.25) is 0 Å². The molecular formula is C12H10BrNO2S. The van der Waals surface area contributed by atoms with Gasteiger partial charge in [0, 0.05) is 15.4 Å². The Morgan fingerprint density at radius 3 is 2.59 bits per heavy atom. The Morgan fingerprint density at radius 1 is 1.35 bits per heavy atom. The molecule has 3 N–H and O–H groups in total. The van der Waals surface area contributed by atoms with E-state index >= 15 is 0 Å². The first-order valence-corrected chi connectivity index (χ1v) is 6.59. The third kappa shape index (κ3) is 2.68. The highest BCUT2D eigenvalue weighted by molar-refractivity contribution is 9.10. The topological polar surface area (TPSA) is 63.3 Å². The Hall–Kier alpha value is -1.33. The number of nitrogens with two attached hydrogens (primary N) is 1. The zero-order chi connectivity index (χ0) is 12.4. The number of aliphatic carboxylic acids is 1. The van der Waals surface area contributed by atoms with E-state index in [9.17, 15) is 4.79 Å². The van der Waals surface area contributed by atoms with Gasteiger partial charge in [0.25, 0.3) is 0 Å². The third-order valence-corrected chi connectivity index (χ3v) is 3.79. The van der Waals surface area contributed by atoms with Crippen LogP contribution in [-0.2, 0) is 11.2 Å². The van der Waals surface area contributed by atoms with Crippen molar-refractivity contribution in [3.8, 4) is 11.1 Å². The fraction of sp³-hybridized carbons (Fsp3) is 0.0833. The highest BCUT2D eigenvalue weighted by Crippen LogP contribution is 2.34. The Morgan fingerprint density at radius 2 is 2.00 bits per heavy atom. The molecule has 3 nitrogen and oxygen atoms in total. The van der Waals surface area contributed by atoms with Crippen LogP contribution in [0.3, 0.4) is 0 Å². The van der Waals surface area contributed by atoms with E-state index in [1.165, 1.54) is 11.3 Å². The predicted octanol–water partition coefficient (Wildman–Crippen LogP) is 3.39. The van der Waals surface area contributed by atoms with Crippen LogP contribution in [0.25, 0.3) is 11.1 Å². The maximum absolute atomic E-state index is 10.8. The Kier molecular flexibility index (Phi) is 3.49. The second kappa shape index (κ2) is 4.89. The normalized spacial score (nSPS) is 10.4. The molecule has 0 spiro atoms. The summed E-state index contributed by atoms with van der Waals surface area (Å²) in [6.07, 6.45) is -0.0409. The number of nitrogen functional groups attached to an aromatic ring is 1. The first-order valence-electron chi connectivity index (χ1n) is 4.91. The van der Waals surface area contributed by atoms with Gasteiger partial charge in [0.15, 0.2) is 0 Å². The van der Waals surface area contributed by atoms with Gasteiger partial charge in [-0.15, -0.1) is 11.3 Å². The lowest BCUT2D eigenvalue weighted by atomic mass is 10.0. The molecule has 0 amide bonds. The molecule has 0 atom stereocenters. The lowest BCUT2D eigenvalue weighted by Gasteiger charge is -2.03. The molecule has 0 unspecified atom stereocenters. The molecule has 5 heteroatoms. The molecule has 0 aliphatic carbocycles. The zero-order valence-corrected chi connectivity index (χ0v) is 11.2. The highest BCUT2D eigenvalue weighted by Gasteiger charge is 2.14. The molecule has 0 aliphatic heterocycles. The molecule has 2 aromatic rings. The second-order valence-corrected chi connectivity index (χ2v) is 5.40. The van der Waals surface area contributed by atoms with Gasteiger partial charge in [-0.05, 0) is 23.3 Å². The van der Waals surface area contributed by atoms with Crippen LogP contribution in [0.15, 0.2) is 34.1 Å². The zero-order valence-electron chi connectivity index (χ0n) is 8.81. The summed E-state index contributed by atoms with van der Waals surface area (Å²) in [5.41, 5.74) is 8.39. The third-order valence-electron chi connectivity index (χ3n) is 2.41. The molecule has 0 fully saturated rings. The number of thiophene rings is 1. The monoisotopic (exact) mass is 311 g/mol. The van der Waals surface area contributed by atoms with Crippen molar-refractivity contribution in [1.82, 2.24) is 0 Å². The van der Waals surface area contributed by atoms with Gasteiger partial charge in [0.05, 0.1) is 11.4 Å². The van der Waals surface area contributed by atoms with Crippen LogP contribution in [-0.4, -0.2) is 11.1 Å². The number of hydrogen-bond donors (Lipinski definition) is 2. The summed E-state index contributed by atoms with van der Waals surface area (Å²) in [6, 6.07) is 7.73. The molecule has 0 saturated heterocycles. The first kappa shape index (κ1) is 12.1. The maximum Gasteiger partial charge on any atom is 0.307 e. The quantitative estimate of drug-likeness (QED) is 0.913. The van der Waals surface area contributed by atoms with E-state index in [0.717, 1.165) is 15.6 Å². The lowest BCUT2D eigenvalue weighted by Crippen LogP contribution is -2.02. The minimum Gasteiger partial charge on any atom is -0.481 e. The fourth-order valence-electron chi connectivity index (χ4n) is 1.60. The van der Waals surface area contributed by atoms with E-state index < -0.39 is 5.97 Å². The Bertz CT molecular complexity index is 548. The van der Waals surface area contributed by atoms with Gasteiger partial charge >= 0.3 is 5.97 Å². The number of carboxylic acid groups (broad SMARTS) is 1. The highest BCUT2D eigenvalue weighted by atomic mass is 79.9. The second-order valence-electron chi connectivity index (χ2n) is 3.57. The van der Waals surface area contributed by atoms with Crippen LogP contribution in [0.2, 0.25) is 0 Å². The molecule has 0 radical (unpaired) electrons. The summed E-state index contributed by atoms with van der Waals surface area (Å²) >= 11 is 4.74. The van der Waals surface area contributed by atoms with E-state index in [2.05, 4.69) is 15.9 Å². The lowest BCUT2D eigenvalue weighted by molar-refractivity contribution is -0.136. The smallest absolute Gasteiger partial charge is 0.307 e. The van der Waals surface area contributed by atoms with Gasteiger partial charge in [-0.1, -0.05) is 28.1 Å². The SMILES string of the molecule is Nc1scc(-c2ccc(Br)cc2)c1CC(=O)O. The standard InChI is InChI=1S/C12H10BrNO2S/c13-8-3-1-7(2-4-8)10-6-17-12(14)9(10)5-11(15)16/h1-4,6H,5,14H2,(H,15,16). The minimum atomic E-state index is -0.867. The summed E-state index contributed by atoms with van der Waals surface area (Å²) in [7, 11) is 0. The van der Waals surface area contributed by atoms with Crippen molar-refractivity contribution >= 4 is 38.2 Å². The molecule has 1 heterocycles. The van der Waals surface area contributed by atoms with Crippen LogP contribution in [0.1, 0.15) is 5.56 Å². The van der Waals surface area contributed by atoms with E-state index in [0.29, 0.717) is 10.6 Å². The number of benzene rings is 1. The summed E-state index contributed by atoms with van der Waals surface area (Å²) in [5, 5.41) is 11.3.